The average Bonchev–Trinajstić information content (AvgIpc) is 2.57. The number of carboxylic acid groups (broad SMARTS) is 2. The highest BCUT2D eigenvalue weighted by Crippen LogP contribution is 2.15. The van der Waals surface area contributed by atoms with Gasteiger partial charge >= 0.3 is 0 Å². The SMILES string of the molecule is CCCCCCCCCCCCCCCCCCC(C(=O)[O-])C(=O)[O-]. The molecule has 0 radical (unpaired) electrons. The van der Waals surface area contributed by atoms with Crippen molar-refractivity contribution >= 4 is 11.9 Å². The molecule has 148 valence electrons. The van der Waals surface area contributed by atoms with Crippen LogP contribution in [0.1, 0.15) is 116 Å². The predicted octanol–water partition coefficient (Wildman–Crippen LogP) is 3.75. The Labute approximate surface area is 154 Å². The summed E-state index contributed by atoms with van der Waals surface area (Å²) in [5.74, 6) is -4.51. The van der Waals surface area contributed by atoms with E-state index in [0.717, 1.165) is 19.3 Å². The van der Waals surface area contributed by atoms with Crippen molar-refractivity contribution in [3.8, 4) is 0 Å². The Morgan fingerprint density at radius 1 is 0.560 bits per heavy atom. The normalized spacial score (nSPS) is 11.1. The number of hydrogen-bond donors (Lipinski definition) is 0. The second-order valence-electron chi connectivity index (χ2n) is 7.28. The van der Waals surface area contributed by atoms with Gasteiger partial charge in [-0.25, -0.2) is 0 Å². The molecule has 0 amide bonds. The molecule has 0 saturated heterocycles. The van der Waals surface area contributed by atoms with Crippen molar-refractivity contribution in [1.82, 2.24) is 0 Å². The molecular weight excluding hydrogens is 316 g/mol. The van der Waals surface area contributed by atoms with Crippen molar-refractivity contribution < 1.29 is 19.8 Å². The van der Waals surface area contributed by atoms with Gasteiger partial charge in [0.15, 0.2) is 0 Å². The monoisotopic (exact) mass is 354 g/mol. The summed E-state index contributed by atoms with van der Waals surface area (Å²) in [5, 5.41) is 21.2. The van der Waals surface area contributed by atoms with Gasteiger partial charge in [-0.05, 0) is 6.42 Å². The van der Waals surface area contributed by atoms with Crippen molar-refractivity contribution in [3.05, 3.63) is 0 Å². The fraction of sp³-hybridized carbons (Fsp3) is 0.905. The van der Waals surface area contributed by atoms with Crippen LogP contribution >= 0.6 is 0 Å². The molecule has 0 spiro atoms. The molecule has 0 atom stereocenters. The molecule has 0 aromatic rings. The molecule has 0 aromatic heterocycles. The Bertz CT molecular complexity index is 314. The van der Waals surface area contributed by atoms with E-state index in [9.17, 15) is 19.8 Å². The van der Waals surface area contributed by atoms with E-state index in [1.165, 1.54) is 77.0 Å². The molecule has 25 heavy (non-hydrogen) atoms. The van der Waals surface area contributed by atoms with Gasteiger partial charge in [0.2, 0.25) is 0 Å². The lowest BCUT2D eigenvalue weighted by molar-refractivity contribution is -0.332. The minimum absolute atomic E-state index is 0.128. The minimum Gasteiger partial charge on any atom is -0.549 e. The summed E-state index contributed by atoms with van der Waals surface area (Å²) in [6.07, 6.45) is 20.0. The van der Waals surface area contributed by atoms with E-state index in [-0.39, 0.29) is 6.42 Å². The lowest BCUT2D eigenvalue weighted by atomic mass is 10.00. The maximum Gasteiger partial charge on any atom is 0.0501 e. The van der Waals surface area contributed by atoms with Crippen molar-refractivity contribution in [2.24, 2.45) is 5.92 Å². The van der Waals surface area contributed by atoms with Gasteiger partial charge in [0, 0.05) is 5.92 Å². The van der Waals surface area contributed by atoms with Gasteiger partial charge in [-0.1, -0.05) is 110 Å². The Kier molecular flexibility index (Phi) is 17.0. The molecule has 0 aliphatic rings. The molecule has 0 rings (SSSR count). The van der Waals surface area contributed by atoms with E-state index >= 15 is 0 Å². The highest BCUT2D eigenvalue weighted by molar-refractivity contribution is 5.90. The highest BCUT2D eigenvalue weighted by Gasteiger charge is 2.10. The Balaban J connectivity index is 3.21. The van der Waals surface area contributed by atoms with Crippen LogP contribution in [0, 0.1) is 5.92 Å². The topological polar surface area (TPSA) is 80.3 Å². The molecule has 4 nitrogen and oxygen atoms in total. The number of carboxylic acids is 2. The van der Waals surface area contributed by atoms with Crippen LogP contribution in [0.2, 0.25) is 0 Å². The first-order chi connectivity index (χ1) is 12.1. The lowest BCUT2D eigenvalue weighted by Gasteiger charge is -2.18. The van der Waals surface area contributed by atoms with Crippen molar-refractivity contribution in [1.29, 1.82) is 0 Å². The second kappa shape index (κ2) is 17.8. The molecule has 0 N–H and O–H groups in total. The van der Waals surface area contributed by atoms with Crippen LogP contribution in [-0.4, -0.2) is 11.9 Å². The number of unbranched alkanes of at least 4 members (excludes halogenated alkanes) is 15. The lowest BCUT2D eigenvalue weighted by Crippen LogP contribution is -2.43. The minimum atomic E-state index is -1.53. The number of hydrogen-bond acceptors (Lipinski definition) is 4. The van der Waals surface area contributed by atoms with Crippen molar-refractivity contribution in [2.45, 2.75) is 116 Å². The van der Waals surface area contributed by atoms with E-state index in [0.29, 0.717) is 6.42 Å². The summed E-state index contributed by atoms with van der Waals surface area (Å²) in [7, 11) is 0. The van der Waals surface area contributed by atoms with Gasteiger partial charge in [0.05, 0.1) is 11.9 Å². The van der Waals surface area contributed by atoms with E-state index in [1.807, 2.05) is 0 Å². The van der Waals surface area contributed by atoms with E-state index in [2.05, 4.69) is 6.92 Å². The summed E-state index contributed by atoms with van der Waals surface area (Å²) in [6, 6.07) is 0. The Morgan fingerprint density at radius 3 is 1.12 bits per heavy atom. The molecule has 0 fully saturated rings. The molecule has 0 saturated carbocycles. The average molecular weight is 355 g/mol. The smallest absolute Gasteiger partial charge is 0.0501 e. The van der Waals surface area contributed by atoms with Gasteiger partial charge in [-0.3, -0.25) is 0 Å². The first kappa shape index (κ1) is 23.9. The zero-order chi connectivity index (χ0) is 18.8. The summed E-state index contributed by atoms with van der Waals surface area (Å²) in [6.45, 7) is 2.25. The number of aliphatic carboxylic acids is 2. The molecule has 0 unspecified atom stereocenters. The van der Waals surface area contributed by atoms with Gasteiger partial charge < -0.3 is 19.8 Å². The molecular formula is C21H38O4-2. The second-order valence-corrected chi connectivity index (χ2v) is 7.28. The fourth-order valence-electron chi connectivity index (χ4n) is 3.23. The van der Waals surface area contributed by atoms with Crippen molar-refractivity contribution in [3.63, 3.8) is 0 Å². The first-order valence-electron chi connectivity index (χ1n) is 10.5. The number of carbonyl (C=O) groups is 2. The first-order valence-corrected chi connectivity index (χ1v) is 10.5. The van der Waals surface area contributed by atoms with Crippen LogP contribution in [0.4, 0.5) is 0 Å². The van der Waals surface area contributed by atoms with Crippen LogP contribution in [-0.2, 0) is 9.59 Å². The van der Waals surface area contributed by atoms with E-state index in [4.69, 9.17) is 0 Å². The fourth-order valence-corrected chi connectivity index (χ4v) is 3.23. The number of rotatable bonds is 19. The quantitative estimate of drug-likeness (QED) is 0.261. The van der Waals surface area contributed by atoms with Gasteiger partial charge in [0.1, 0.15) is 0 Å². The third-order valence-corrected chi connectivity index (χ3v) is 4.92. The Hall–Kier alpha value is -1.06. The van der Waals surface area contributed by atoms with Gasteiger partial charge in [-0.2, -0.15) is 0 Å². The molecule has 0 aliphatic carbocycles. The van der Waals surface area contributed by atoms with Crippen LogP contribution in [0.5, 0.6) is 0 Å². The third kappa shape index (κ3) is 16.2. The maximum absolute atomic E-state index is 10.6. The standard InChI is InChI=1S/C21H40O4/c1-2-3-4-5-6-7-8-9-10-11-12-13-14-15-16-17-18-19(20(22)23)21(24)25/h19H,2-18H2,1H3,(H,22,23)(H,24,25)/p-2. The Morgan fingerprint density at radius 2 is 0.840 bits per heavy atom. The summed E-state index contributed by atoms with van der Waals surface area (Å²) < 4.78 is 0. The molecule has 0 aromatic carbocycles. The molecule has 0 heterocycles. The van der Waals surface area contributed by atoms with E-state index in [1.54, 1.807) is 0 Å². The summed E-state index contributed by atoms with van der Waals surface area (Å²) >= 11 is 0. The summed E-state index contributed by atoms with van der Waals surface area (Å²) in [5.41, 5.74) is 0. The highest BCUT2D eigenvalue weighted by atomic mass is 16.4. The predicted molar refractivity (Wildman–Crippen MR) is 97.7 cm³/mol. The largest absolute Gasteiger partial charge is 0.549 e. The van der Waals surface area contributed by atoms with Crippen LogP contribution in [0.3, 0.4) is 0 Å². The van der Waals surface area contributed by atoms with E-state index < -0.39 is 17.9 Å². The van der Waals surface area contributed by atoms with Crippen LogP contribution in [0.25, 0.3) is 0 Å². The summed E-state index contributed by atoms with van der Waals surface area (Å²) in [4.78, 5) is 21.2. The zero-order valence-electron chi connectivity index (χ0n) is 16.2. The molecule has 0 bridgehead atoms. The maximum atomic E-state index is 10.6. The zero-order valence-corrected chi connectivity index (χ0v) is 16.2. The van der Waals surface area contributed by atoms with Crippen LogP contribution in [0.15, 0.2) is 0 Å². The van der Waals surface area contributed by atoms with Gasteiger partial charge in [0.25, 0.3) is 0 Å². The van der Waals surface area contributed by atoms with Gasteiger partial charge in [-0.15, -0.1) is 0 Å². The number of carbonyl (C=O) groups excluding carboxylic acids is 2. The molecule has 4 heteroatoms. The molecule has 0 aliphatic heterocycles. The van der Waals surface area contributed by atoms with Crippen molar-refractivity contribution in [2.75, 3.05) is 0 Å². The van der Waals surface area contributed by atoms with Crippen LogP contribution < -0.4 is 10.2 Å². The third-order valence-electron chi connectivity index (χ3n) is 4.92.